The van der Waals surface area contributed by atoms with Crippen LogP contribution in [0.4, 0.5) is 0 Å². The highest BCUT2D eigenvalue weighted by Crippen LogP contribution is 2.29. The number of benzene rings is 2. The van der Waals surface area contributed by atoms with Gasteiger partial charge in [-0.1, -0.05) is 53.7 Å². The van der Waals surface area contributed by atoms with Crippen LogP contribution < -0.4 is 0 Å². The van der Waals surface area contributed by atoms with Gasteiger partial charge in [0.25, 0.3) is 0 Å². The smallest absolute Gasteiger partial charge is 0.167 e. The summed E-state index contributed by atoms with van der Waals surface area (Å²) >= 11 is 0. The van der Waals surface area contributed by atoms with E-state index in [9.17, 15) is 0 Å². The maximum Gasteiger partial charge on any atom is 0.167 e. The Kier molecular flexibility index (Phi) is 4.43. The molecule has 0 aliphatic heterocycles. The molecule has 5 aromatic rings. The summed E-state index contributed by atoms with van der Waals surface area (Å²) < 4.78 is 5.60. The SMILES string of the molecule is c1cc(-c2ccc(-c3cc(-c4ccc(-c5ccncc5)cc4)on3)cc2)ccn1. The minimum Gasteiger partial charge on any atom is -0.356 e. The molecular formula is C25H17N3O. The summed E-state index contributed by atoms with van der Waals surface area (Å²) in [5, 5.41) is 4.25. The second-order valence-electron chi connectivity index (χ2n) is 6.70. The molecule has 0 aliphatic rings. The first-order valence-corrected chi connectivity index (χ1v) is 9.35. The second kappa shape index (κ2) is 7.52. The molecule has 0 amide bonds. The fourth-order valence-electron chi connectivity index (χ4n) is 3.30. The Balaban J connectivity index is 1.38. The van der Waals surface area contributed by atoms with Gasteiger partial charge in [-0.3, -0.25) is 9.97 Å². The summed E-state index contributed by atoms with van der Waals surface area (Å²) in [5.74, 6) is 0.750. The van der Waals surface area contributed by atoms with Crippen LogP contribution >= 0.6 is 0 Å². The summed E-state index contributed by atoms with van der Waals surface area (Å²) in [5.41, 5.74) is 7.40. The number of rotatable bonds is 4. The highest BCUT2D eigenvalue weighted by molar-refractivity contribution is 5.72. The van der Waals surface area contributed by atoms with Crippen LogP contribution in [-0.4, -0.2) is 15.1 Å². The first-order valence-electron chi connectivity index (χ1n) is 9.35. The number of hydrogen-bond acceptors (Lipinski definition) is 4. The quantitative estimate of drug-likeness (QED) is 0.379. The standard InChI is InChI=1S/C25H17N3O/c1-5-22(6-2-18(1)20-9-13-26-14-10-20)24-17-25(29-28-24)23-7-3-19(4-8-23)21-11-15-27-16-12-21/h1-17H. The van der Waals surface area contributed by atoms with E-state index in [1.807, 2.05) is 42.5 Å². The van der Waals surface area contributed by atoms with Gasteiger partial charge >= 0.3 is 0 Å². The van der Waals surface area contributed by atoms with Crippen LogP contribution in [-0.2, 0) is 0 Å². The van der Waals surface area contributed by atoms with Crippen molar-refractivity contribution in [1.29, 1.82) is 0 Å². The monoisotopic (exact) mass is 375 g/mol. The van der Waals surface area contributed by atoms with E-state index in [-0.39, 0.29) is 0 Å². The van der Waals surface area contributed by atoms with E-state index in [0.717, 1.165) is 44.8 Å². The molecule has 4 heteroatoms. The molecule has 29 heavy (non-hydrogen) atoms. The third-order valence-corrected chi connectivity index (χ3v) is 4.89. The minimum absolute atomic E-state index is 0.750. The molecule has 0 saturated heterocycles. The van der Waals surface area contributed by atoms with E-state index < -0.39 is 0 Å². The lowest BCUT2D eigenvalue weighted by Gasteiger charge is -2.02. The molecule has 0 N–H and O–H groups in total. The molecule has 5 rings (SSSR count). The molecule has 138 valence electrons. The first-order chi connectivity index (χ1) is 14.4. The molecule has 3 aromatic heterocycles. The third-order valence-electron chi connectivity index (χ3n) is 4.89. The van der Waals surface area contributed by atoms with Crippen LogP contribution in [0, 0.1) is 0 Å². The van der Waals surface area contributed by atoms with Crippen LogP contribution in [0.25, 0.3) is 44.8 Å². The van der Waals surface area contributed by atoms with Gasteiger partial charge in [0, 0.05) is 42.0 Å². The average molecular weight is 375 g/mol. The van der Waals surface area contributed by atoms with E-state index in [2.05, 4.69) is 51.5 Å². The zero-order valence-corrected chi connectivity index (χ0v) is 15.6. The number of nitrogens with zero attached hydrogens (tertiary/aromatic N) is 3. The Hall–Kier alpha value is -4.05. The molecule has 0 bridgehead atoms. The average Bonchev–Trinajstić information content (AvgIpc) is 3.31. The highest BCUT2D eigenvalue weighted by atomic mass is 16.5. The van der Waals surface area contributed by atoms with Gasteiger partial charge in [-0.25, -0.2) is 0 Å². The van der Waals surface area contributed by atoms with E-state index in [4.69, 9.17) is 4.52 Å². The molecule has 0 aliphatic carbocycles. The zero-order chi connectivity index (χ0) is 19.5. The Morgan fingerprint density at radius 1 is 0.448 bits per heavy atom. The predicted molar refractivity (Wildman–Crippen MR) is 114 cm³/mol. The topological polar surface area (TPSA) is 51.8 Å². The maximum absolute atomic E-state index is 5.60. The lowest BCUT2D eigenvalue weighted by atomic mass is 10.0. The van der Waals surface area contributed by atoms with E-state index >= 15 is 0 Å². The third kappa shape index (κ3) is 3.56. The molecule has 0 spiro atoms. The van der Waals surface area contributed by atoms with Crippen molar-refractivity contribution >= 4 is 0 Å². The molecular weight excluding hydrogens is 358 g/mol. The largest absolute Gasteiger partial charge is 0.356 e. The Morgan fingerprint density at radius 3 is 1.38 bits per heavy atom. The summed E-state index contributed by atoms with van der Waals surface area (Å²) in [6, 6.07) is 26.5. The van der Waals surface area contributed by atoms with E-state index in [0.29, 0.717) is 0 Å². The Morgan fingerprint density at radius 2 is 0.862 bits per heavy atom. The molecule has 0 fully saturated rings. The number of aromatic nitrogens is 3. The number of pyridine rings is 2. The summed E-state index contributed by atoms with van der Waals surface area (Å²) in [6.45, 7) is 0. The van der Waals surface area contributed by atoms with Crippen molar-refractivity contribution in [2.75, 3.05) is 0 Å². The van der Waals surface area contributed by atoms with Crippen LogP contribution in [0.1, 0.15) is 0 Å². The van der Waals surface area contributed by atoms with Crippen LogP contribution in [0.15, 0.2) is 108 Å². The molecule has 0 saturated carbocycles. The van der Waals surface area contributed by atoms with E-state index in [1.54, 1.807) is 24.8 Å². The summed E-state index contributed by atoms with van der Waals surface area (Å²) in [4.78, 5) is 8.13. The highest BCUT2D eigenvalue weighted by Gasteiger charge is 2.09. The molecule has 4 nitrogen and oxygen atoms in total. The van der Waals surface area contributed by atoms with Gasteiger partial charge in [0.1, 0.15) is 5.69 Å². The fraction of sp³-hybridized carbons (Fsp3) is 0. The lowest BCUT2D eigenvalue weighted by molar-refractivity contribution is 0.435. The lowest BCUT2D eigenvalue weighted by Crippen LogP contribution is -1.80. The normalized spacial score (nSPS) is 10.8. The van der Waals surface area contributed by atoms with E-state index in [1.165, 1.54) is 0 Å². The maximum atomic E-state index is 5.60. The minimum atomic E-state index is 0.750. The summed E-state index contributed by atoms with van der Waals surface area (Å²) in [6.07, 6.45) is 7.19. The molecule has 0 radical (unpaired) electrons. The van der Waals surface area contributed by atoms with Crippen molar-refractivity contribution in [2.24, 2.45) is 0 Å². The first kappa shape index (κ1) is 17.1. The Bertz CT molecular complexity index is 1120. The molecule has 0 unspecified atom stereocenters. The van der Waals surface area contributed by atoms with Gasteiger partial charge in [-0.15, -0.1) is 0 Å². The van der Waals surface area contributed by atoms with Gasteiger partial charge < -0.3 is 4.52 Å². The molecule has 3 heterocycles. The fourth-order valence-corrected chi connectivity index (χ4v) is 3.30. The second-order valence-corrected chi connectivity index (χ2v) is 6.70. The van der Waals surface area contributed by atoms with Gasteiger partial charge in [-0.05, 0) is 46.5 Å². The van der Waals surface area contributed by atoms with Crippen LogP contribution in [0.5, 0.6) is 0 Å². The van der Waals surface area contributed by atoms with Crippen molar-refractivity contribution in [2.45, 2.75) is 0 Å². The van der Waals surface area contributed by atoms with Crippen molar-refractivity contribution in [3.8, 4) is 44.8 Å². The Labute approximate surface area is 168 Å². The number of hydrogen-bond donors (Lipinski definition) is 0. The van der Waals surface area contributed by atoms with Gasteiger partial charge in [-0.2, -0.15) is 0 Å². The van der Waals surface area contributed by atoms with Crippen molar-refractivity contribution < 1.29 is 4.52 Å². The van der Waals surface area contributed by atoms with Gasteiger partial charge in [0.15, 0.2) is 5.76 Å². The summed E-state index contributed by atoms with van der Waals surface area (Å²) in [7, 11) is 0. The molecule has 0 atom stereocenters. The van der Waals surface area contributed by atoms with Crippen molar-refractivity contribution in [1.82, 2.24) is 15.1 Å². The zero-order valence-electron chi connectivity index (χ0n) is 15.6. The van der Waals surface area contributed by atoms with Crippen molar-refractivity contribution in [3.63, 3.8) is 0 Å². The predicted octanol–water partition coefficient (Wildman–Crippen LogP) is 6.13. The van der Waals surface area contributed by atoms with Gasteiger partial charge in [0.2, 0.25) is 0 Å². The van der Waals surface area contributed by atoms with Gasteiger partial charge in [0.05, 0.1) is 0 Å². The van der Waals surface area contributed by atoms with Crippen LogP contribution in [0.2, 0.25) is 0 Å². The molecule has 2 aromatic carbocycles. The van der Waals surface area contributed by atoms with Crippen molar-refractivity contribution in [3.05, 3.63) is 104 Å². The van der Waals surface area contributed by atoms with Crippen LogP contribution in [0.3, 0.4) is 0 Å².